The Hall–Kier alpha value is -2.67. The Labute approximate surface area is 171 Å². The van der Waals surface area contributed by atoms with Crippen molar-refractivity contribution in [3.05, 3.63) is 74.6 Å². The third kappa shape index (κ3) is 8.35. The molecule has 0 saturated carbocycles. The van der Waals surface area contributed by atoms with E-state index in [9.17, 15) is 0 Å². The van der Waals surface area contributed by atoms with Gasteiger partial charge in [-0.05, 0) is 67.0 Å². The van der Waals surface area contributed by atoms with Crippen LogP contribution in [0.4, 0.5) is 0 Å². The summed E-state index contributed by atoms with van der Waals surface area (Å²) >= 11 is 1.69. The maximum Gasteiger partial charge on any atom is 0.136 e. The molecule has 4 rings (SSSR count). The summed E-state index contributed by atoms with van der Waals surface area (Å²) in [5, 5.41) is 7.09. The molecule has 4 aromatic rings. The molecule has 0 aliphatic heterocycles. The molecule has 0 amide bonds. The van der Waals surface area contributed by atoms with Gasteiger partial charge < -0.3 is 14.0 Å². The molecular weight excluding hydrogens is 372 g/mol. The predicted octanol–water partition coefficient (Wildman–Crippen LogP) is 5.97. The average molecular weight is 403 g/mol. The summed E-state index contributed by atoms with van der Waals surface area (Å²) in [6, 6.07) is 2.06. The van der Waals surface area contributed by atoms with Crippen molar-refractivity contribution in [3.63, 3.8) is 0 Å². The number of aromatic nitrogens is 4. The van der Waals surface area contributed by atoms with E-state index in [1.807, 2.05) is 46.3 Å². The molecule has 0 aliphatic rings. The summed E-state index contributed by atoms with van der Waals surface area (Å²) in [6.45, 7) is 16.0. The molecule has 6 nitrogen and oxygen atoms in total. The Morgan fingerprint density at radius 3 is 1.43 bits per heavy atom. The van der Waals surface area contributed by atoms with E-state index in [1.165, 1.54) is 16.1 Å². The largest absolute Gasteiger partial charge is 0.365 e. The van der Waals surface area contributed by atoms with Gasteiger partial charge in [-0.3, -0.25) is 0 Å². The van der Waals surface area contributed by atoms with Gasteiger partial charge in [0.2, 0.25) is 0 Å². The zero-order valence-corrected chi connectivity index (χ0v) is 18.8. The SMILES string of the molecule is Cc1cc[nH]c1C.Cc1cnoc1C.Cc1cnoc1C.Cc1ncsc1C. The lowest BCUT2D eigenvalue weighted by Crippen LogP contribution is -1.69. The van der Waals surface area contributed by atoms with E-state index in [-0.39, 0.29) is 0 Å². The first kappa shape index (κ1) is 23.4. The molecular formula is C21H30N4O2S. The van der Waals surface area contributed by atoms with E-state index in [0.717, 1.165) is 28.3 Å². The fraction of sp³-hybridized carbons (Fsp3) is 0.381. The second kappa shape index (κ2) is 11.9. The molecule has 28 heavy (non-hydrogen) atoms. The molecule has 0 fully saturated rings. The molecule has 152 valence electrons. The van der Waals surface area contributed by atoms with Crippen molar-refractivity contribution >= 4 is 11.3 Å². The van der Waals surface area contributed by atoms with Crippen LogP contribution in [0, 0.1) is 55.4 Å². The fourth-order valence-corrected chi connectivity index (χ4v) is 2.18. The molecule has 7 heteroatoms. The number of H-pyrrole nitrogens is 1. The maximum absolute atomic E-state index is 4.71. The number of nitrogens with zero attached hydrogens (tertiary/aromatic N) is 3. The van der Waals surface area contributed by atoms with E-state index in [4.69, 9.17) is 9.05 Å². The Kier molecular flexibility index (Phi) is 9.95. The number of thiazole rings is 1. The van der Waals surface area contributed by atoms with Gasteiger partial charge in [0.25, 0.3) is 0 Å². The number of nitrogens with one attached hydrogen (secondary N) is 1. The lowest BCUT2D eigenvalue weighted by molar-refractivity contribution is 0.396. The number of aromatic amines is 1. The minimum absolute atomic E-state index is 0.903. The van der Waals surface area contributed by atoms with E-state index >= 15 is 0 Å². The number of rotatable bonds is 0. The van der Waals surface area contributed by atoms with Gasteiger partial charge in [-0.15, -0.1) is 11.3 Å². The highest BCUT2D eigenvalue weighted by molar-refractivity contribution is 7.09. The minimum Gasteiger partial charge on any atom is -0.365 e. The van der Waals surface area contributed by atoms with Crippen LogP contribution in [-0.4, -0.2) is 20.3 Å². The lowest BCUT2D eigenvalue weighted by Gasteiger charge is -1.81. The van der Waals surface area contributed by atoms with Gasteiger partial charge in [0.05, 0.1) is 23.6 Å². The van der Waals surface area contributed by atoms with Crippen molar-refractivity contribution in [1.29, 1.82) is 0 Å². The van der Waals surface area contributed by atoms with Crippen molar-refractivity contribution in [2.45, 2.75) is 55.4 Å². The van der Waals surface area contributed by atoms with Crippen LogP contribution < -0.4 is 0 Å². The summed E-state index contributed by atoms with van der Waals surface area (Å²) in [5.74, 6) is 1.81. The number of aryl methyl sites for hydroxylation is 8. The maximum atomic E-state index is 4.71. The van der Waals surface area contributed by atoms with Gasteiger partial charge in [-0.25, -0.2) is 4.98 Å². The van der Waals surface area contributed by atoms with Gasteiger partial charge in [0.1, 0.15) is 11.5 Å². The van der Waals surface area contributed by atoms with Crippen LogP contribution in [-0.2, 0) is 0 Å². The Balaban J connectivity index is 0.000000187. The first-order valence-corrected chi connectivity index (χ1v) is 9.83. The van der Waals surface area contributed by atoms with Gasteiger partial charge in [0, 0.05) is 27.9 Å². The number of hydrogen-bond donors (Lipinski definition) is 1. The summed E-state index contributed by atoms with van der Waals surface area (Å²) in [7, 11) is 0. The van der Waals surface area contributed by atoms with Crippen LogP contribution >= 0.6 is 11.3 Å². The first-order valence-electron chi connectivity index (χ1n) is 8.95. The summed E-state index contributed by atoms with van der Waals surface area (Å²) in [5.41, 5.74) is 7.84. The Morgan fingerprint density at radius 2 is 1.32 bits per heavy atom. The van der Waals surface area contributed by atoms with Gasteiger partial charge >= 0.3 is 0 Å². The van der Waals surface area contributed by atoms with Crippen LogP contribution in [0.5, 0.6) is 0 Å². The molecule has 4 aromatic heterocycles. The standard InChI is InChI=1S/C6H9N.2C5H7NO.C5H7NS/c1-5-3-4-7-6(5)2;2*1-4-3-6-7-5(4)2;1-4-5(2)7-3-6-4/h3-4,7H,1-2H3;3*3H,1-2H3. The minimum atomic E-state index is 0.903. The van der Waals surface area contributed by atoms with Gasteiger partial charge in [-0.2, -0.15) is 0 Å². The van der Waals surface area contributed by atoms with E-state index in [2.05, 4.69) is 47.1 Å². The molecule has 0 atom stereocenters. The van der Waals surface area contributed by atoms with Crippen LogP contribution in [0.1, 0.15) is 44.5 Å². The Bertz CT molecular complexity index is 715. The van der Waals surface area contributed by atoms with Crippen molar-refractivity contribution in [2.24, 2.45) is 0 Å². The molecule has 0 spiro atoms. The van der Waals surface area contributed by atoms with E-state index < -0.39 is 0 Å². The summed E-state index contributed by atoms with van der Waals surface area (Å²) < 4.78 is 9.43. The highest BCUT2D eigenvalue weighted by atomic mass is 32.1. The average Bonchev–Trinajstić information content (AvgIpc) is 3.41. The smallest absolute Gasteiger partial charge is 0.136 e. The summed E-state index contributed by atoms with van der Waals surface area (Å²) in [6.07, 6.45) is 5.36. The third-order valence-electron chi connectivity index (χ3n) is 4.19. The number of hydrogen-bond acceptors (Lipinski definition) is 6. The van der Waals surface area contributed by atoms with E-state index in [0.29, 0.717) is 0 Å². The molecule has 0 bridgehead atoms. The van der Waals surface area contributed by atoms with E-state index in [1.54, 1.807) is 23.7 Å². The molecule has 0 aromatic carbocycles. The normalized spacial score (nSPS) is 9.43. The van der Waals surface area contributed by atoms with Gasteiger partial charge in [-0.1, -0.05) is 10.3 Å². The molecule has 0 saturated heterocycles. The van der Waals surface area contributed by atoms with Gasteiger partial charge in [0.15, 0.2) is 0 Å². The lowest BCUT2D eigenvalue weighted by atomic mass is 10.3. The van der Waals surface area contributed by atoms with Crippen LogP contribution in [0.15, 0.2) is 39.2 Å². The van der Waals surface area contributed by atoms with Crippen LogP contribution in [0.3, 0.4) is 0 Å². The predicted molar refractivity (Wildman–Crippen MR) is 114 cm³/mol. The molecule has 1 N–H and O–H groups in total. The highest BCUT2D eigenvalue weighted by Gasteiger charge is 1.92. The molecule has 0 unspecified atom stereocenters. The van der Waals surface area contributed by atoms with Crippen molar-refractivity contribution < 1.29 is 9.05 Å². The van der Waals surface area contributed by atoms with Crippen molar-refractivity contribution in [2.75, 3.05) is 0 Å². The topological polar surface area (TPSA) is 80.7 Å². The molecule has 4 heterocycles. The second-order valence-corrected chi connectivity index (χ2v) is 7.47. The zero-order chi connectivity index (χ0) is 21.1. The molecule has 0 aliphatic carbocycles. The zero-order valence-electron chi connectivity index (χ0n) is 18.0. The Morgan fingerprint density at radius 1 is 0.786 bits per heavy atom. The molecule has 0 radical (unpaired) electrons. The third-order valence-corrected chi connectivity index (χ3v) is 5.05. The highest BCUT2D eigenvalue weighted by Crippen LogP contribution is 2.08. The monoisotopic (exact) mass is 402 g/mol. The summed E-state index contributed by atoms with van der Waals surface area (Å²) in [4.78, 5) is 8.42. The first-order chi connectivity index (χ1) is 13.2. The van der Waals surface area contributed by atoms with Crippen molar-refractivity contribution in [1.82, 2.24) is 20.3 Å². The van der Waals surface area contributed by atoms with Crippen molar-refractivity contribution in [3.8, 4) is 0 Å². The quantitative estimate of drug-likeness (QED) is 0.391. The second-order valence-electron chi connectivity index (χ2n) is 6.41. The van der Waals surface area contributed by atoms with Crippen LogP contribution in [0.2, 0.25) is 0 Å². The fourth-order valence-electron chi connectivity index (χ4n) is 1.59. The van der Waals surface area contributed by atoms with Crippen LogP contribution in [0.25, 0.3) is 0 Å².